The van der Waals surface area contributed by atoms with Crippen LogP contribution >= 0.6 is 11.3 Å². The highest BCUT2D eigenvalue weighted by molar-refractivity contribution is 7.14. The van der Waals surface area contributed by atoms with Gasteiger partial charge in [-0.1, -0.05) is 18.3 Å². The van der Waals surface area contributed by atoms with Gasteiger partial charge in [0.25, 0.3) is 0 Å². The first-order valence-electron chi connectivity index (χ1n) is 5.30. The number of hydrogen-bond acceptors (Lipinski definition) is 4. The first-order chi connectivity index (χ1) is 7.83. The minimum atomic E-state index is 0.863. The number of nitrogens with zero attached hydrogens (tertiary/aromatic N) is 2. The van der Waals surface area contributed by atoms with Crippen molar-refractivity contribution < 1.29 is 4.74 Å². The first-order valence-corrected chi connectivity index (χ1v) is 6.12. The van der Waals surface area contributed by atoms with Gasteiger partial charge >= 0.3 is 0 Å². The molecule has 0 aliphatic carbocycles. The molecule has 1 heterocycles. The van der Waals surface area contributed by atoms with Gasteiger partial charge in [-0.3, -0.25) is 0 Å². The SMILES string of the molecule is CCCc1nnc(-c2ccc(OC)cc2)s1. The van der Waals surface area contributed by atoms with Crippen molar-refractivity contribution in [3.05, 3.63) is 29.3 Å². The summed E-state index contributed by atoms with van der Waals surface area (Å²) >= 11 is 1.66. The Labute approximate surface area is 99.1 Å². The van der Waals surface area contributed by atoms with E-state index < -0.39 is 0 Å². The quantitative estimate of drug-likeness (QED) is 0.815. The van der Waals surface area contributed by atoms with Gasteiger partial charge in [0.05, 0.1) is 7.11 Å². The maximum absolute atomic E-state index is 5.12. The average molecular weight is 234 g/mol. The average Bonchev–Trinajstić information content (AvgIpc) is 2.78. The van der Waals surface area contributed by atoms with Crippen molar-refractivity contribution in [1.82, 2.24) is 10.2 Å². The second kappa shape index (κ2) is 5.07. The van der Waals surface area contributed by atoms with Gasteiger partial charge in [0, 0.05) is 12.0 Å². The fourth-order valence-electron chi connectivity index (χ4n) is 1.42. The molecule has 0 radical (unpaired) electrons. The topological polar surface area (TPSA) is 35.0 Å². The molecule has 0 aliphatic heterocycles. The molecule has 1 aromatic carbocycles. The molecule has 16 heavy (non-hydrogen) atoms. The van der Waals surface area contributed by atoms with E-state index in [0.717, 1.165) is 34.2 Å². The molecule has 0 unspecified atom stereocenters. The predicted octanol–water partition coefficient (Wildman–Crippen LogP) is 3.17. The number of benzene rings is 1. The normalized spacial score (nSPS) is 10.4. The highest BCUT2D eigenvalue weighted by Crippen LogP contribution is 2.25. The van der Waals surface area contributed by atoms with E-state index in [1.807, 2.05) is 24.3 Å². The number of aromatic nitrogens is 2. The van der Waals surface area contributed by atoms with Gasteiger partial charge in [-0.25, -0.2) is 0 Å². The predicted molar refractivity (Wildman–Crippen MR) is 65.9 cm³/mol. The molecule has 0 atom stereocenters. The zero-order valence-electron chi connectivity index (χ0n) is 9.43. The van der Waals surface area contributed by atoms with Crippen molar-refractivity contribution in [3.8, 4) is 16.3 Å². The summed E-state index contributed by atoms with van der Waals surface area (Å²) in [6.07, 6.45) is 2.12. The maximum Gasteiger partial charge on any atom is 0.147 e. The van der Waals surface area contributed by atoms with Crippen LogP contribution in [-0.2, 0) is 6.42 Å². The molecule has 2 aromatic rings. The van der Waals surface area contributed by atoms with Gasteiger partial charge in [-0.05, 0) is 30.7 Å². The van der Waals surface area contributed by atoms with Gasteiger partial charge < -0.3 is 4.74 Å². The van der Waals surface area contributed by atoms with E-state index in [2.05, 4.69) is 17.1 Å². The molecular weight excluding hydrogens is 220 g/mol. The van der Waals surface area contributed by atoms with Crippen LogP contribution in [0.15, 0.2) is 24.3 Å². The standard InChI is InChI=1S/C12H14N2OS/c1-3-4-11-13-14-12(16-11)9-5-7-10(15-2)8-6-9/h5-8H,3-4H2,1-2H3. The third kappa shape index (κ3) is 2.39. The second-order valence-electron chi connectivity index (χ2n) is 3.48. The Balaban J connectivity index is 2.21. The summed E-state index contributed by atoms with van der Waals surface area (Å²) in [6.45, 7) is 2.15. The lowest BCUT2D eigenvalue weighted by Crippen LogP contribution is -1.82. The van der Waals surface area contributed by atoms with Crippen molar-refractivity contribution in [2.75, 3.05) is 7.11 Å². The number of hydrogen-bond donors (Lipinski definition) is 0. The third-order valence-electron chi connectivity index (χ3n) is 2.27. The van der Waals surface area contributed by atoms with Crippen molar-refractivity contribution in [1.29, 1.82) is 0 Å². The van der Waals surface area contributed by atoms with Crippen molar-refractivity contribution in [3.63, 3.8) is 0 Å². The summed E-state index contributed by atoms with van der Waals surface area (Å²) < 4.78 is 5.12. The molecule has 0 spiro atoms. The van der Waals surface area contributed by atoms with Gasteiger partial charge in [0.2, 0.25) is 0 Å². The summed E-state index contributed by atoms with van der Waals surface area (Å²) in [5.41, 5.74) is 1.10. The van der Waals surface area contributed by atoms with Crippen LogP contribution in [0.2, 0.25) is 0 Å². The molecule has 4 heteroatoms. The molecule has 3 nitrogen and oxygen atoms in total. The molecule has 1 aromatic heterocycles. The van der Waals surface area contributed by atoms with E-state index in [0.29, 0.717) is 0 Å². The molecule has 0 bridgehead atoms. The lowest BCUT2D eigenvalue weighted by atomic mass is 10.2. The summed E-state index contributed by atoms with van der Waals surface area (Å²) in [5, 5.41) is 10.4. The van der Waals surface area contributed by atoms with E-state index in [-0.39, 0.29) is 0 Å². The van der Waals surface area contributed by atoms with Crippen LogP contribution in [0.25, 0.3) is 10.6 Å². The molecule has 0 saturated heterocycles. The van der Waals surface area contributed by atoms with Crippen molar-refractivity contribution in [2.24, 2.45) is 0 Å². The van der Waals surface area contributed by atoms with Crippen LogP contribution in [0.4, 0.5) is 0 Å². The Hall–Kier alpha value is -1.42. The van der Waals surface area contributed by atoms with Crippen molar-refractivity contribution >= 4 is 11.3 Å². The fourth-order valence-corrected chi connectivity index (χ4v) is 2.37. The number of aryl methyl sites for hydroxylation is 1. The number of rotatable bonds is 4. The molecule has 0 amide bonds. The lowest BCUT2D eigenvalue weighted by Gasteiger charge is -1.99. The summed E-state index contributed by atoms with van der Waals surface area (Å²) in [6, 6.07) is 7.90. The van der Waals surface area contributed by atoms with Crippen molar-refractivity contribution in [2.45, 2.75) is 19.8 Å². The van der Waals surface area contributed by atoms with Gasteiger partial charge in [0.15, 0.2) is 0 Å². The summed E-state index contributed by atoms with van der Waals surface area (Å²) in [7, 11) is 1.67. The molecule has 84 valence electrons. The maximum atomic E-state index is 5.12. The van der Waals surface area contributed by atoms with E-state index in [4.69, 9.17) is 4.74 Å². The Morgan fingerprint density at radius 3 is 2.56 bits per heavy atom. The Morgan fingerprint density at radius 2 is 1.94 bits per heavy atom. The minimum absolute atomic E-state index is 0.863. The Bertz CT molecular complexity index is 450. The second-order valence-corrected chi connectivity index (χ2v) is 4.54. The van der Waals surface area contributed by atoms with Gasteiger partial charge in [0.1, 0.15) is 15.8 Å². The first kappa shape index (κ1) is 11.1. The van der Waals surface area contributed by atoms with E-state index in [9.17, 15) is 0 Å². The Kier molecular flexibility index (Phi) is 3.51. The fraction of sp³-hybridized carbons (Fsp3) is 0.333. The monoisotopic (exact) mass is 234 g/mol. The van der Waals surface area contributed by atoms with Gasteiger partial charge in [-0.15, -0.1) is 10.2 Å². The molecule has 0 aliphatic rings. The zero-order valence-corrected chi connectivity index (χ0v) is 10.3. The molecule has 0 N–H and O–H groups in total. The number of ether oxygens (including phenoxy) is 1. The van der Waals surface area contributed by atoms with Crippen LogP contribution in [-0.4, -0.2) is 17.3 Å². The third-order valence-corrected chi connectivity index (χ3v) is 3.30. The highest BCUT2D eigenvalue weighted by atomic mass is 32.1. The lowest BCUT2D eigenvalue weighted by molar-refractivity contribution is 0.415. The van der Waals surface area contributed by atoms with Crippen LogP contribution < -0.4 is 4.74 Å². The molecule has 0 fully saturated rings. The zero-order chi connectivity index (χ0) is 11.4. The van der Waals surface area contributed by atoms with E-state index in [1.165, 1.54) is 0 Å². The smallest absolute Gasteiger partial charge is 0.147 e. The largest absolute Gasteiger partial charge is 0.497 e. The van der Waals surface area contributed by atoms with E-state index in [1.54, 1.807) is 18.4 Å². The summed E-state index contributed by atoms with van der Waals surface area (Å²) in [5.74, 6) is 0.863. The van der Waals surface area contributed by atoms with Crippen LogP contribution in [0.1, 0.15) is 18.4 Å². The van der Waals surface area contributed by atoms with Crippen LogP contribution in [0, 0.1) is 0 Å². The van der Waals surface area contributed by atoms with Gasteiger partial charge in [-0.2, -0.15) is 0 Å². The molecular formula is C12H14N2OS. The summed E-state index contributed by atoms with van der Waals surface area (Å²) in [4.78, 5) is 0. The number of methoxy groups -OCH3 is 1. The van der Waals surface area contributed by atoms with Crippen LogP contribution in [0.5, 0.6) is 5.75 Å². The molecule has 0 saturated carbocycles. The minimum Gasteiger partial charge on any atom is -0.497 e. The van der Waals surface area contributed by atoms with E-state index >= 15 is 0 Å². The Morgan fingerprint density at radius 1 is 1.19 bits per heavy atom. The molecule has 2 rings (SSSR count). The van der Waals surface area contributed by atoms with Crippen LogP contribution in [0.3, 0.4) is 0 Å². The highest BCUT2D eigenvalue weighted by Gasteiger charge is 2.05.